The van der Waals surface area contributed by atoms with Gasteiger partial charge >= 0.3 is 6.03 Å². The Kier molecular flexibility index (Phi) is 7.72. The summed E-state index contributed by atoms with van der Waals surface area (Å²) in [6, 6.07) is 5.59. The average Bonchev–Trinajstić information content (AvgIpc) is 3.31. The third-order valence-corrected chi connectivity index (χ3v) is 5.73. The molecule has 2 N–H and O–H groups in total. The molecule has 0 spiro atoms. The van der Waals surface area contributed by atoms with E-state index in [1.54, 1.807) is 24.5 Å². The Morgan fingerprint density at radius 1 is 1.09 bits per heavy atom. The van der Waals surface area contributed by atoms with Crippen LogP contribution >= 0.6 is 0 Å². The molecule has 0 atom stereocenters. The predicted octanol–water partition coefficient (Wildman–Crippen LogP) is 4.48. The van der Waals surface area contributed by atoms with Gasteiger partial charge < -0.3 is 14.6 Å². The van der Waals surface area contributed by atoms with Crippen LogP contribution < -0.4 is 10.6 Å². The molecule has 2 amide bonds. The molecule has 0 unspecified atom stereocenters. The van der Waals surface area contributed by atoms with Crippen molar-refractivity contribution in [1.29, 1.82) is 0 Å². The molecular weight excluding hydrogens is 451 g/mol. The summed E-state index contributed by atoms with van der Waals surface area (Å²) < 4.78 is 25.3. The van der Waals surface area contributed by atoms with E-state index in [2.05, 4.69) is 30.7 Å². The van der Waals surface area contributed by atoms with Crippen LogP contribution in [0.4, 0.5) is 20.7 Å². The van der Waals surface area contributed by atoms with Crippen LogP contribution in [0.1, 0.15) is 38.8 Å². The third kappa shape index (κ3) is 6.83. The summed E-state index contributed by atoms with van der Waals surface area (Å²) >= 11 is 0. The Hall–Kier alpha value is -3.37. The highest BCUT2D eigenvalue weighted by Crippen LogP contribution is 2.26. The standard InChI is InChI=1S/C25H31FN6O3/c1-25(2,3)21-14-23(31-35-21)30-24(33)29-20-7-6-17(13-19(20)26)18-15-27-22(28-16-18)5-4-8-32-9-11-34-12-10-32/h6-7,13-16H,4-5,8-12H2,1-3H3,(H2,29,30,31,33). The number of carbonyl (C=O) groups is 1. The molecule has 35 heavy (non-hydrogen) atoms. The van der Waals surface area contributed by atoms with Gasteiger partial charge in [0.2, 0.25) is 0 Å². The first-order valence-electron chi connectivity index (χ1n) is 11.7. The summed E-state index contributed by atoms with van der Waals surface area (Å²) in [5, 5.41) is 8.87. The van der Waals surface area contributed by atoms with Crippen LogP contribution in [-0.4, -0.2) is 58.9 Å². The second-order valence-corrected chi connectivity index (χ2v) is 9.55. The Labute approximate surface area is 204 Å². The lowest BCUT2D eigenvalue weighted by molar-refractivity contribution is 0.0374. The van der Waals surface area contributed by atoms with Crippen LogP contribution in [0.2, 0.25) is 0 Å². The molecule has 1 aliphatic heterocycles. The molecule has 1 fully saturated rings. The van der Waals surface area contributed by atoms with Gasteiger partial charge in [-0.3, -0.25) is 10.2 Å². The fourth-order valence-electron chi connectivity index (χ4n) is 3.67. The molecule has 3 aromatic rings. The van der Waals surface area contributed by atoms with Crippen molar-refractivity contribution in [3.8, 4) is 11.1 Å². The number of ether oxygens (including phenoxy) is 1. The Morgan fingerprint density at radius 2 is 1.83 bits per heavy atom. The third-order valence-electron chi connectivity index (χ3n) is 5.73. The summed E-state index contributed by atoms with van der Waals surface area (Å²) in [5.74, 6) is 1.09. The lowest BCUT2D eigenvalue weighted by atomic mass is 9.93. The SMILES string of the molecule is CC(C)(C)c1cc(NC(=O)Nc2ccc(-c3cnc(CCCN4CCOCC4)nc3)cc2F)no1. The van der Waals surface area contributed by atoms with E-state index in [4.69, 9.17) is 9.26 Å². The normalized spacial score (nSPS) is 14.6. The Morgan fingerprint density at radius 3 is 2.49 bits per heavy atom. The predicted molar refractivity (Wildman–Crippen MR) is 131 cm³/mol. The van der Waals surface area contributed by atoms with Crippen LogP contribution in [0.25, 0.3) is 11.1 Å². The number of halogens is 1. The largest absolute Gasteiger partial charge is 0.379 e. The van der Waals surface area contributed by atoms with Crippen molar-refractivity contribution in [2.45, 2.75) is 39.0 Å². The molecule has 0 saturated carbocycles. The molecule has 9 nitrogen and oxygen atoms in total. The van der Waals surface area contributed by atoms with E-state index in [0.29, 0.717) is 16.9 Å². The highest BCUT2D eigenvalue weighted by atomic mass is 19.1. The van der Waals surface area contributed by atoms with Gasteiger partial charge in [0.1, 0.15) is 17.4 Å². The molecule has 0 aliphatic carbocycles. The molecule has 3 heterocycles. The molecule has 1 aliphatic rings. The monoisotopic (exact) mass is 482 g/mol. The number of aryl methyl sites for hydroxylation is 1. The van der Waals surface area contributed by atoms with Crippen LogP contribution in [-0.2, 0) is 16.6 Å². The van der Waals surface area contributed by atoms with Crippen LogP contribution in [0.3, 0.4) is 0 Å². The Balaban J connectivity index is 1.30. The van der Waals surface area contributed by atoms with Gasteiger partial charge in [0.25, 0.3) is 0 Å². The number of hydrogen-bond donors (Lipinski definition) is 2. The topological polar surface area (TPSA) is 105 Å². The first kappa shape index (κ1) is 24.7. The number of urea groups is 1. The quantitative estimate of drug-likeness (QED) is 0.512. The van der Waals surface area contributed by atoms with Crippen molar-refractivity contribution >= 4 is 17.5 Å². The summed E-state index contributed by atoms with van der Waals surface area (Å²) in [6.45, 7) is 10.4. The number of morpholine rings is 1. The number of carbonyl (C=O) groups excluding carboxylic acids is 1. The molecule has 10 heteroatoms. The average molecular weight is 483 g/mol. The number of amides is 2. The van der Waals surface area contributed by atoms with E-state index in [-0.39, 0.29) is 16.9 Å². The van der Waals surface area contributed by atoms with Crippen molar-refractivity contribution in [2.24, 2.45) is 0 Å². The number of nitrogens with zero attached hydrogens (tertiary/aromatic N) is 4. The van der Waals surface area contributed by atoms with E-state index in [9.17, 15) is 9.18 Å². The molecule has 1 aromatic carbocycles. The zero-order valence-corrected chi connectivity index (χ0v) is 20.3. The zero-order chi connectivity index (χ0) is 24.8. The first-order valence-corrected chi connectivity index (χ1v) is 11.7. The van der Waals surface area contributed by atoms with E-state index in [1.165, 1.54) is 12.1 Å². The van der Waals surface area contributed by atoms with E-state index in [0.717, 1.165) is 51.5 Å². The Bertz CT molecular complexity index is 1140. The number of rotatable bonds is 7. The highest BCUT2D eigenvalue weighted by Gasteiger charge is 2.20. The van der Waals surface area contributed by atoms with Crippen molar-refractivity contribution < 1.29 is 18.4 Å². The lowest BCUT2D eigenvalue weighted by Gasteiger charge is -2.26. The van der Waals surface area contributed by atoms with Crippen LogP contribution in [0.15, 0.2) is 41.2 Å². The maximum absolute atomic E-state index is 14.7. The maximum atomic E-state index is 14.7. The van der Waals surface area contributed by atoms with Gasteiger partial charge in [-0.05, 0) is 30.7 Å². The number of benzene rings is 1. The molecule has 1 saturated heterocycles. The molecule has 0 radical (unpaired) electrons. The van der Waals surface area contributed by atoms with Crippen molar-refractivity contribution in [3.63, 3.8) is 0 Å². The second kappa shape index (κ2) is 10.9. The van der Waals surface area contributed by atoms with Gasteiger partial charge in [-0.15, -0.1) is 0 Å². The minimum atomic E-state index is -0.616. The van der Waals surface area contributed by atoms with Crippen molar-refractivity contribution in [1.82, 2.24) is 20.0 Å². The number of aromatic nitrogens is 3. The fraction of sp³-hybridized carbons (Fsp3) is 0.440. The van der Waals surface area contributed by atoms with Gasteiger partial charge in [-0.1, -0.05) is 32.0 Å². The zero-order valence-electron chi connectivity index (χ0n) is 20.3. The van der Waals surface area contributed by atoms with E-state index < -0.39 is 11.8 Å². The maximum Gasteiger partial charge on any atom is 0.325 e. The van der Waals surface area contributed by atoms with Gasteiger partial charge in [0.15, 0.2) is 5.82 Å². The smallest absolute Gasteiger partial charge is 0.325 e. The highest BCUT2D eigenvalue weighted by molar-refractivity contribution is 5.99. The number of hydrogen-bond acceptors (Lipinski definition) is 7. The summed E-state index contributed by atoms with van der Waals surface area (Å²) in [6.07, 6.45) is 5.15. The summed E-state index contributed by atoms with van der Waals surface area (Å²) in [7, 11) is 0. The summed E-state index contributed by atoms with van der Waals surface area (Å²) in [5.41, 5.74) is 1.14. The molecule has 2 aromatic heterocycles. The second-order valence-electron chi connectivity index (χ2n) is 9.55. The van der Waals surface area contributed by atoms with Crippen LogP contribution in [0, 0.1) is 5.82 Å². The molecule has 0 bridgehead atoms. The molecular formula is C25H31FN6O3. The molecule has 186 valence electrons. The minimum Gasteiger partial charge on any atom is -0.379 e. The lowest BCUT2D eigenvalue weighted by Crippen LogP contribution is -2.37. The van der Waals surface area contributed by atoms with Gasteiger partial charge in [-0.2, -0.15) is 0 Å². The fourth-order valence-corrected chi connectivity index (χ4v) is 3.67. The number of nitrogens with one attached hydrogen (secondary N) is 2. The van der Waals surface area contributed by atoms with Crippen LogP contribution in [0.5, 0.6) is 0 Å². The number of anilines is 2. The van der Waals surface area contributed by atoms with E-state index >= 15 is 0 Å². The van der Waals surface area contributed by atoms with Crippen molar-refractivity contribution in [2.75, 3.05) is 43.5 Å². The van der Waals surface area contributed by atoms with Gasteiger partial charge in [0, 0.05) is 48.9 Å². The minimum absolute atomic E-state index is 0.0476. The molecule has 4 rings (SSSR count). The van der Waals surface area contributed by atoms with Crippen molar-refractivity contribution in [3.05, 3.63) is 54.1 Å². The van der Waals surface area contributed by atoms with E-state index in [1.807, 2.05) is 20.8 Å². The first-order chi connectivity index (χ1) is 16.8. The van der Waals surface area contributed by atoms with Gasteiger partial charge in [0.05, 0.1) is 18.9 Å². The summed E-state index contributed by atoms with van der Waals surface area (Å²) in [4.78, 5) is 23.5. The van der Waals surface area contributed by atoms with Gasteiger partial charge in [-0.25, -0.2) is 19.2 Å².